The van der Waals surface area contributed by atoms with Crippen molar-refractivity contribution in [3.05, 3.63) is 12.2 Å². The summed E-state index contributed by atoms with van der Waals surface area (Å²) in [7, 11) is -21.8. The van der Waals surface area contributed by atoms with Crippen LogP contribution < -0.4 is 0 Å². The predicted octanol–water partition coefficient (Wildman–Crippen LogP) is 16.0. The highest BCUT2D eigenvalue weighted by molar-refractivity contribution is 7.77. The first-order valence-electron chi connectivity index (χ1n) is 25.8. The Labute approximate surface area is 407 Å². The van der Waals surface area contributed by atoms with E-state index in [4.69, 9.17) is 33.5 Å². The average molecular weight is 1060 g/mol. The van der Waals surface area contributed by atoms with Gasteiger partial charge in [0.05, 0.1) is 24.3 Å². The van der Waals surface area contributed by atoms with E-state index < -0.39 is 81.2 Å². The van der Waals surface area contributed by atoms with Crippen LogP contribution in [-0.4, -0.2) is 104 Å². The Morgan fingerprint density at radius 1 is 0.391 bits per heavy atom. The summed E-state index contributed by atoms with van der Waals surface area (Å²) in [5.74, 6) is 0.938. The van der Waals surface area contributed by atoms with E-state index in [-0.39, 0.29) is 6.23 Å². The molecular formula is C46H108O9PSi8+. The fourth-order valence-electron chi connectivity index (χ4n) is 9.90. The first-order valence-corrected chi connectivity index (χ1v) is 51.4. The van der Waals surface area contributed by atoms with E-state index in [1.807, 2.05) is 26.2 Å². The highest BCUT2D eigenvalue weighted by atomic mass is 31.2. The molecule has 18 heteroatoms. The van der Waals surface area contributed by atoms with Crippen LogP contribution in [0, 0.1) is 0 Å². The Balaban J connectivity index is 6.00. The zero-order valence-corrected chi connectivity index (χ0v) is 55.0. The van der Waals surface area contributed by atoms with Crippen molar-refractivity contribution >= 4 is 81.2 Å². The molecule has 0 aliphatic carbocycles. The van der Waals surface area contributed by atoms with Gasteiger partial charge in [0, 0.05) is 12.8 Å². The molecule has 0 spiro atoms. The summed E-state index contributed by atoms with van der Waals surface area (Å²) < 4.78 is 54.3. The SMILES string of the molecule is C=C(C)C(=O)OC[Si](C)(C)O[Si](C)(C)O[Si](C)(C)O[Si](C)(C)O[Si](C)(C)O[Si](C)(C)O[Si](C)(C)O[Si](C)(C)C[P+](CCCCCCCC)(CCCCCCCC)CCCCCCCC. The molecular weight excluding hydrogens is 952 g/mol. The summed E-state index contributed by atoms with van der Waals surface area (Å²) in [5.41, 5.74) is 0.383. The molecule has 0 rings (SSSR count). The molecule has 0 atom stereocenters. The number of rotatable bonds is 40. The predicted molar refractivity (Wildman–Crippen MR) is 300 cm³/mol. The Hall–Kier alpha value is 1.10. The van der Waals surface area contributed by atoms with Crippen LogP contribution in [0.15, 0.2) is 12.2 Å². The second-order valence-electron chi connectivity index (χ2n) is 23.0. The topological polar surface area (TPSA) is 90.9 Å². The van der Waals surface area contributed by atoms with Crippen molar-refractivity contribution in [1.82, 2.24) is 0 Å². The normalized spacial score (nSPS) is 14.1. The quantitative estimate of drug-likeness (QED) is 0.0196. The fraction of sp³-hybridized carbons (Fsp3) is 0.935. The van der Waals surface area contributed by atoms with Crippen LogP contribution in [0.1, 0.15) is 143 Å². The molecule has 0 bridgehead atoms. The summed E-state index contributed by atoms with van der Waals surface area (Å²) in [6.07, 6.45) is 29.4. The molecule has 0 aromatic rings. The van der Waals surface area contributed by atoms with Crippen molar-refractivity contribution in [2.24, 2.45) is 0 Å². The molecule has 0 saturated carbocycles. The summed E-state index contributed by atoms with van der Waals surface area (Å²) in [6.45, 7) is 47.0. The number of esters is 1. The average Bonchev–Trinajstić information content (AvgIpc) is 3.07. The molecule has 9 nitrogen and oxygen atoms in total. The number of ether oxygens (including phenoxy) is 1. The molecule has 0 heterocycles. The van der Waals surface area contributed by atoms with Crippen molar-refractivity contribution in [2.45, 2.75) is 248 Å². The summed E-state index contributed by atoms with van der Waals surface area (Å²) in [4.78, 5) is 12.1. The van der Waals surface area contributed by atoms with Crippen LogP contribution in [0.5, 0.6) is 0 Å². The minimum absolute atomic E-state index is 0.244. The monoisotopic (exact) mass is 1060 g/mol. The molecule has 382 valence electrons. The summed E-state index contributed by atoms with van der Waals surface area (Å²) >= 11 is 0. The van der Waals surface area contributed by atoms with E-state index >= 15 is 0 Å². The Morgan fingerprint density at radius 3 is 0.922 bits per heavy atom. The van der Waals surface area contributed by atoms with Crippen LogP contribution in [0.25, 0.3) is 0 Å². The molecule has 0 N–H and O–H groups in total. The molecule has 0 aliphatic rings. The number of carbonyl (C=O) groups excluding carboxylic acids is 1. The maximum absolute atomic E-state index is 12.1. The van der Waals surface area contributed by atoms with Gasteiger partial charge < -0.3 is 33.5 Å². The number of carbonyl (C=O) groups is 1. The molecule has 0 unspecified atom stereocenters. The first-order chi connectivity index (χ1) is 29.2. The van der Waals surface area contributed by atoms with E-state index in [1.165, 1.54) is 140 Å². The second-order valence-corrected chi connectivity index (χ2v) is 58.1. The molecule has 0 radical (unpaired) electrons. The zero-order valence-electron chi connectivity index (χ0n) is 46.1. The maximum Gasteiger partial charge on any atom is 0.332 e. The van der Waals surface area contributed by atoms with Gasteiger partial charge >= 0.3 is 57.3 Å². The molecule has 0 aromatic carbocycles. The molecule has 0 fully saturated rings. The van der Waals surface area contributed by atoms with Crippen LogP contribution in [0.2, 0.25) is 105 Å². The fourth-order valence-corrected chi connectivity index (χ4v) is 60.7. The van der Waals surface area contributed by atoms with Crippen LogP contribution in [-0.2, 0) is 38.3 Å². The standard InChI is InChI=1S/C46H108O9PSi8/c1-22-25-28-31-34-37-40-56(41-38-35-32-29-26-23-2,42-39-36-33-30-27-24-3)44-58(8,9)50-60(12,13)52-62(16,17)54-64(20,21)55-63(18,19)53-61(14,15)51-59(10,11)49-57(6,7)43-48-46(47)45(4)5/h4,22-44H2,1-3,5-21H3/q+1. The largest absolute Gasteiger partial charge is 0.463 e. The smallest absolute Gasteiger partial charge is 0.332 e. The molecule has 0 amide bonds. The first kappa shape index (κ1) is 65.1. The highest BCUT2D eigenvalue weighted by Crippen LogP contribution is 2.62. The summed E-state index contributed by atoms with van der Waals surface area (Å²) in [5, 5.41) is 0. The van der Waals surface area contributed by atoms with Gasteiger partial charge in [-0.15, -0.1) is 0 Å². The third kappa shape index (κ3) is 32.8. The minimum atomic E-state index is -2.73. The lowest BCUT2D eigenvalue weighted by Gasteiger charge is -2.44. The zero-order chi connectivity index (χ0) is 49.6. The van der Waals surface area contributed by atoms with Gasteiger partial charge in [0.1, 0.15) is 6.23 Å². The van der Waals surface area contributed by atoms with Gasteiger partial charge in [-0.3, -0.25) is 0 Å². The molecule has 64 heavy (non-hydrogen) atoms. The number of hydrogen-bond acceptors (Lipinski definition) is 9. The molecule has 0 aromatic heterocycles. The van der Waals surface area contributed by atoms with Crippen molar-refractivity contribution in [3.63, 3.8) is 0 Å². The van der Waals surface area contributed by atoms with E-state index in [0.717, 1.165) is 0 Å². The Bertz CT molecular complexity index is 1270. The van der Waals surface area contributed by atoms with E-state index in [1.54, 1.807) is 6.92 Å². The maximum atomic E-state index is 12.1. The van der Waals surface area contributed by atoms with Gasteiger partial charge in [-0.1, -0.05) is 104 Å². The van der Waals surface area contributed by atoms with Crippen molar-refractivity contribution in [2.75, 3.05) is 30.5 Å². The van der Waals surface area contributed by atoms with Crippen LogP contribution in [0.4, 0.5) is 0 Å². The van der Waals surface area contributed by atoms with E-state index in [0.29, 0.717) is 5.57 Å². The highest BCUT2D eigenvalue weighted by Gasteiger charge is 2.51. The Kier molecular flexibility index (Phi) is 30.6. The van der Waals surface area contributed by atoms with Gasteiger partial charge in [0.15, 0.2) is 0 Å². The van der Waals surface area contributed by atoms with Crippen molar-refractivity contribution in [1.29, 1.82) is 0 Å². The van der Waals surface area contributed by atoms with Crippen molar-refractivity contribution < 1.29 is 38.3 Å². The lowest BCUT2D eigenvalue weighted by Crippen LogP contribution is -2.62. The third-order valence-corrected chi connectivity index (χ3v) is 49.5. The van der Waals surface area contributed by atoms with E-state index in [9.17, 15) is 4.79 Å². The number of hydrogen-bond donors (Lipinski definition) is 0. The van der Waals surface area contributed by atoms with Crippen LogP contribution >= 0.6 is 7.26 Å². The third-order valence-electron chi connectivity index (χ3n) is 11.1. The minimum Gasteiger partial charge on any atom is -0.463 e. The second kappa shape index (κ2) is 30.1. The lowest BCUT2D eigenvalue weighted by atomic mass is 10.1. The van der Waals surface area contributed by atoms with Crippen LogP contribution in [0.3, 0.4) is 0 Å². The number of unbranched alkanes of at least 4 members (excludes halogenated alkanes) is 15. The molecule has 0 saturated heterocycles. The summed E-state index contributed by atoms with van der Waals surface area (Å²) in [6, 6.07) is 0. The van der Waals surface area contributed by atoms with Gasteiger partial charge in [-0.25, -0.2) is 4.79 Å². The van der Waals surface area contributed by atoms with E-state index in [2.05, 4.69) is 106 Å². The van der Waals surface area contributed by atoms with Gasteiger partial charge in [-0.05, 0) is 150 Å². The Morgan fingerprint density at radius 2 is 0.641 bits per heavy atom. The van der Waals surface area contributed by atoms with Gasteiger partial charge in [0.2, 0.25) is 16.6 Å². The van der Waals surface area contributed by atoms with Crippen molar-refractivity contribution in [3.8, 4) is 0 Å². The van der Waals surface area contributed by atoms with Gasteiger partial charge in [-0.2, -0.15) is 0 Å². The lowest BCUT2D eigenvalue weighted by molar-refractivity contribution is -0.137. The van der Waals surface area contributed by atoms with Gasteiger partial charge in [0.25, 0.3) is 0 Å². The molecule has 0 aliphatic heterocycles.